The summed E-state index contributed by atoms with van der Waals surface area (Å²) in [5.41, 5.74) is 0. The van der Waals surface area contributed by atoms with Crippen LogP contribution in [0.3, 0.4) is 0 Å². The molecule has 124 valence electrons. The first-order valence-corrected chi connectivity index (χ1v) is 9.71. The molecule has 3 rings (SSSR count). The van der Waals surface area contributed by atoms with Crippen LogP contribution >= 0.6 is 0 Å². The molecule has 2 aliphatic heterocycles. The Morgan fingerprint density at radius 3 is 2.32 bits per heavy atom. The third kappa shape index (κ3) is 2.80. The zero-order valence-corrected chi connectivity index (χ0v) is 13.3. The number of carbonyl (C=O) groups excluding carboxylic acids is 1. The van der Waals surface area contributed by atoms with Crippen LogP contribution in [0.5, 0.6) is 0 Å². The van der Waals surface area contributed by atoms with E-state index in [9.17, 15) is 23.1 Å². The van der Waals surface area contributed by atoms with Crippen LogP contribution < -0.4 is 0 Å². The number of amides is 2. The van der Waals surface area contributed by atoms with E-state index in [2.05, 4.69) is 0 Å². The summed E-state index contributed by atoms with van der Waals surface area (Å²) in [4.78, 5) is 27.4. The van der Waals surface area contributed by atoms with Gasteiger partial charge in [-0.15, -0.1) is 0 Å². The molecule has 2 heterocycles. The minimum atomic E-state index is -3.05. The highest BCUT2D eigenvalue weighted by Gasteiger charge is 2.49. The molecule has 0 radical (unpaired) electrons. The van der Waals surface area contributed by atoms with Gasteiger partial charge >= 0.3 is 12.0 Å². The first kappa shape index (κ1) is 15.6. The van der Waals surface area contributed by atoms with E-state index in [0.29, 0.717) is 6.42 Å². The van der Waals surface area contributed by atoms with Crippen molar-refractivity contribution in [2.75, 3.05) is 24.6 Å². The molecule has 7 nitrogen and oxygen atoms in total. The fourth-order valence-electron chi connectivity index (χ4n) is 4.02. The Hall–Kier alpha value is -1.31. The number of likely N-dealkylation sites (tertiary alicyclic amines) is 1. The van der Waals surface area contributed by atoms with Crippen LogP contribution in [0.2, 0.25) is 0 Å². The van der Waals surface area contributed by atoms with Crippen molar-refractivity contribution in [3.63, 3.8) is 0 Å². The van der Waals surface area contributed by atoms with E-state index in [4.69, 9.17) is 0 Å². The number of carboxylic acid groups (broad SMARTS) is 1. The molecule has 3 atom stereocenters. The number of aliphatic carboxylic acids is 1. The van der Waals surface area contributed by atoms with Crippen LogP contribution in [-0.4, -0.2) is 72.0 Å². The predicted octanol–water partition coefficient (Wildman–Crippen LogP) is 0.555. The number of rotatable bonds is 1. The summed E-state index contributed by atoms with van der Waals surface area (Å²) in [6, 6.07) is -1.06. The lowest BCUT2D eigenvalue weighted by molar-refractivity contribution is -0.141. The van der Waals surface area contributed by atoms with E-state index < -0.39 is 21.8 Å². The van der Waals surface area contributed by atoms with Crippen molar-refractivity contribution in [1.29, 1.82) is 0 Å². The highest BCUT2D eigenvalue weighted by atomic mass is 32.2. The number of fused-ring (bicyclic) bond motifs is 1. The van der Waals surface area contributed by atoms with E-state index in [1.807, 2.05) is 0 Å². The fraction of sp³-hybridized carbons (Fsp3) is 0.857. The summed E-state index contributed by atoms with van der Waals surface area (Å²) in [5.74, 6) is -0.740. The lowest BCUT2D eigenvalue weighted by Gasteiger charge is -2.37. The Kier molecular flexibility index (Phi) is 4.05. The Bertz CT molecular complexity index is 562. The number of hydrogen-bond acceptors (Lipinski definition) is 4. The number of urea groups is 1. The number of nitrogens with zero attached hydrogens (tertiary/aromatic N) is 2. The van der Waals surface area contributed by atoms with Crippen LogP contribution in [0.25, 0.3) is 0 Å². The lowest BCUT2D eigenvalue weighted by Crippen LogP contribution is -2.55. The van der Waals surface area contributed by atoms with Crippen LogP contribution in [0.1, 0.15) is 32.1 Å². The van der Waals surface area contributed by atoms with E-state index >= 15 is 0 Å². The Balaban J connectivity index is 1.78. The van der Waals surface area contributed by atoms with Gasteiger partial charge in [-0.2, -0.15) is 0 Å². The minimum absolute atomic E-state index is 0.000818. The smallest absolute Gasteiger partial charge is 0.326 e. The Labute approximate surface area is 130 Å². The molecule has 3 aliphatic rings. The summed E-state index contributed by atoms with van der Waals surface area (Å²) in [6.07, 6.45) is 4.47. The van der Waals surface area contributed by atoms with Gasteiger partial charge in [-0.05, 0) is 25.2 Å². The van der Waals surface area contributed by atoms with Crippen molar-refractivity contribution in [2.24, 2.45) is 5.92 Å². The topological polar surface area (TPSA) is 95.0 Å². The second-order valence-electron chi connectivity index (χ2n) is 6.53. The van der Waals surface area contributed by atoms with Gasteiger partial charge in [0.05, 0.1) is 11.5 Å². The number of carbonyl (C=O) groups is 2. The van der Waals surface area contributed by atoms with E-state index in [0.717, 1.165) is 25.7 Å². The zero-order valence-electron chi connectivity index (χ0n) is 12.5. The third-order valence-corrected chi connectivity index (χ3v) is 6.82. The molecule has 0 aromatic heterocycles. The molecular formula is C14H22N2O5S. The van der Waals surface area contributed by atoms with Crippen molar-refractivity contribution in [2.45, 2.75) is 44.2 Å². The molecule has 0 aromatic carbocycles. The van der Waals surface area contributed by atoms with Crippen LogP contribution in [0.4, 0.5) is 4.79 Å². The highest BCUT2D eigenvalue weighted by molar-refractivity contribution is 7.91. The average molecular weight is 330 g/mol. The van der Waals surface area contributed by atoms with Gasteiger partial charge in [-0.25, -0.2) is 18.0 Å². The molecule has 2 amide bonds. The van der Waals surface area contributed by atoms with Crippen molar-refractivity contribution in [1.82, 2.24) is 9.80 Å². The third-order valence-electron chi connectivity index (χ3n) is 5.21. The first-order valence-electron chi connectivity index (χ1n) is 7.89. The van der Waals surface area contributed by atoms with Gasteiger partial charge in [0.15, 0.2) is 9.84 Å². The maximum absolute atomic E-state index is 12.8. The Morgan fingerprint density at radius 2 is 1.68 bits per heavy atom. The summed E-state index contributed by atoms with van der Waals surface area (Å²) in [6.45, 7) is 0.336. The second-order valence-corrected chi connectivity index (χ2v) is 8.83. The fourth-order valence-corrected chi connectivity index (χ4v) is 5.22. The molecule has 8 heteroatoms. The molecule has 2 saturated heterocycles. The van der Waals surface area contributed by atoms with Gasteiger partial charge in [0.2, 0.25) is 0 Å². The summed E-state index contributed by atoms with van der Waals surface area (Å²) < 4.78 is 23.0. The summed E-state index contributed by atoms with van der Waals surface area (Å²) in [5, 5.41) is 9.45. The molecule has 3 unspecified atom stereocenters. The maximum atomic E-state index is 12.8. The molecule has 1 N–H and O–H groups in total. The SMILES string of the molecule is O=C(O)C1CC2CCCCC2N1C(=O)N1CCS(=O)(=O)CC1. The normalized spacial score (nSPS) is 34.3. The van der Waals surface area contributed by atoms with E-state index in [1.165, 1.54) is 9.80 Å². The minimum Gasteiger partial charge on any atom is -0.480 e. The second kappa shape index (κ2) is 5.72. The van der Waals surface area contributed by atoms with Crippen LogP contribution in [-0.2, 0) is 14.6 Å². The van der Waals surface area contributed by atoms with Gasteiger partial charge in [0.1, 0.15) is 6.04 Å². The molecule has 0 aromatic rings. The number of sulfone groups is 1. The molecule has 0 spiro atoms. The van der Waals surface area contributed by atoms with E-state index in [-0.39, 0.29) is 42.6 Å². The quantitative estimate of drug-likeness (QED) is 0.758. The molecular weight excluding hydrogens is 308 g/mol. The lowest BCUT2D eigenvalue weighted by atomic mass is 9.85. The summed E-state index contributed by atoms with van der Waals surface area (Å²) >= 11 is 0. The van der Waals surface area contributed by atoms with Gasteiger partial charge in [-0.3, -0.25) is 0 Å². The zero-order chi connectivity index (χ0) is 15.9. The Morgan fingerprint density at radius 1 is 1.05 bits per heavy atom. The van der Waals surface area contributed by atoms with Crippen LogP contribution in [0.15, 0.2) is 0 Å². The van der Waals surface area contributed by atoms with Crippen LogP contribution in [0, 0.1) is 5.92 Å². The average Bonchev–Trinajstić information content (AvgIpc) is 2.86. The predicted molar refractivity (Wildman–Crippen MR) is 79.2 cm³/mol. The van der Waals surface area contributed by atoms with Crippen molar-refractivity contribution < 1.29 is 23.1 Å². The molecule has 22 heavy (non-hydrogen) atoms. The number of hydrogen-bond donors (Lipinski definition) is 1. The standard InChI is InChI=1S/C14H22N2O5S/c17-13(18)12-9-10-3-1-2-4-11(10)16(12)14(19)15-5-7-22(20,21)8-6-15/h10-12H,1-9H2,(H,17,18). The molecule has 1 saturated carbocycles. The number of carboxylic acids is 1. The monoisotopic (exact) mass is 330 g/mol. The first-order chi connectivity index (χ1) is 10.4. The van der Waals surface area contributed by atoms with Gasteiger partial charge < -0.3 is 14.9 Å². The highest BCUT2D eigenvalue weighted by Crippen LogP contribution is 2.40. The van der Waals surface area contributed by atoms with Crippen molar-refractivity contribution in [3.05, 3.63) is 0 Å². The largest absolute Gasteiger partial charge is 0.480 e. The van der Waals surface area contributed by atoms with Crippen molar-refractivity contribution in [3.8, 4) is 0 Å². The maximum Gasteiger partial charge on any atom is 0.326 e. The van der Waals surface area contributed by atoms with Crippen molar-refractivity contribution >= 4 is 21.8 Å². The molecule has 1 aliphatic carbocycles. The van der Waals surface area contributed by atoms with Gasteiger partial charge in [-0.1, -0.05) is 12.8 Å². The summed E-state index contributed by atoms with van der Waals surface area (Å²) in [7, 11) is -3.05. The van der Waals surface area contributed by atoms with Gasteiger partial charge in [0.25, 0.3) is 0 Å². The van der Waals surface area contributed by atoms with Gasteiger partial charge in [0, 0.05) is 19.1 Å². The van der Waals surface area contributed by atoms with E-state index in [1.54, 1.807) is 0 Å². The molecule has 3 fully saturated rings. The molecule has 0 bridgehead atoms.